The van der Waals surface area contributed by atoms with E-state index in [1.807, 2.05) is 0 Å². The molecule has 0 aliphatic heterocycles. The molecule has 1 aromatic heterocycles. The fourth-order valence-electron chi connectivity index (χ4n) is 1.87. The number of nitrogens with two attached hydrogens (primary N) is 1. The van der Waals surface area contributed by atoms with Crippen LogP contribution in [0.4, 0.5) is 0 Å². The number of pyridine rings is 1. The van der Waals surface area contributed by atoms with Crippen molar-refractivity contribution in [3.05, 3.63) is 69.1 Å². The molecule has 2 N–H and O–H groups in total. The van der Waals surface area contributed by atoms with Gasteiger partial charge in [0.15, 0.2) is 6.10 Å². The highest BCUT2D eigenvalue weighted by molar-refractivity contribution is 6.31. The van der Waals surface area contributed by atoms with Crippen LogP contribution < -0.4 is 11.3 Å². The van der Waals surface area contributed by atoms with Crippen molar-refractivity contribution in [2.75, 3.05) is 0 Å². The van der Waals surface area contributed by atoms with Crippen molar-refractivity contribution in [1.29, 1.82) is 0 Å². The molecular formula is C16H15ClN2O4. The van der Waals surface area contributed by atoms with Crippen LogP contribution in [0.25, 0.3) is 0 Å². The van der Waals surface area contributed by atoms with Crippen LogP contribution in [0.5, 0.6) is 0 Å². The van der Waals surface area contributed by atoms with Crippen molar-refractivity contribution in [2.45, 2.75) is 19.6 Å². The number of esters is 1. The molecule has 0 radical (unpaired) electrons. The molecule has 0 unspecified atom stereocenters. The van der Waals surface area contributed by atoms with Crippen LogP contribution in [0, 0.1) is 0 Å². The Morgan fingerprint density at radius 3 is 2.61 bits per heavy atom. The van der Waals surface area contributed by atoms with Gasteiger partial charge >= 0.3 is 5.97 Å². The molecule has 0 bridgehead atoms. The zero-order valence-electron chi connectivity index (χ0n) is 12.4. The van der Waals surface area contributed by atoms with Gasteiger partial charge < -0.3 is 15.0 Å². The monoisotopic (exact) mass is 334 g/mol. The van der Waals surface area contributed by atoms with E-state index in [1.165, 1.54) is 29.8 Å². The maximum atomic E-state index is 12.0. The van der Waals surface area contributed by atoms with E-state index in [0.29, 0.717) is 5.02 Å². The third-order valence-electron chi connectivity index (χ3n) is 3.20. The average molecular weight is 335 g/mol. The van der Waals surface area contributed by atoms with Crippen molar-refractivity contribution >= 4 is 23.5 Å². The summed E-state index contributed by atoms with van der Waals surface area (Å²) in [5.74, 6) is -1.48. The summed E-state index contributed by atoms with van der Waals surface area (Å²) >= 11 is 6.07. The Balaban J connectivity index is 2.26. The second-order valence-electron chi connectivity index (χ2n) is 4.93. The molecule has 0 saturated heterocycles. The summed E-state index contributed by atoms with van der Waals surface area (Å²) < 4.78 is 6.25. The molecule has 0 fully saturated rings. The van der Waals surface area contributed by atoms with E-state index in [2.05, 4.69) is 0 Å². The van der Waals surface area contributed by atoms with Gasteiger partial charge in [0, 0.05) is 17.3 Å². The van der Waals surface area contributed by atoms with Crippen molar-refractivity contribution in [3.63, 3.8) is 0 Å². The van der Waals surface area contributed by atoms with E-state index >= 15 is 0 Å². The molecule has 2 rings (SSSR count). The van der Waals surface area contributed by atoms with Gasteiger partial charge in [0.05, 0.1) is 12.1 Å². The molecule has 1 atom stereocenters. The van der Waals surface area contributed by atoms with Crippen molar-refractivity contribution < 1.29 is 14.3 Å². The summed E-state index contributed by atoms with van der Waals surface area (Å²) in [6, 6.07) is 9.68. The third-order valence-corrected chi connectivity index (χ3v) is 3.57. The van der Waals surface area contributed by atoms with E-state index in [4.69, 9.17) is 22.1 Å². The highest BCUT2D eigenvalue weighted by Gasteiger charge is 2.17. The van der Waals surface area contributed by atoms with E-state index < -0.39 is 18.0 Å². The SMILES string of the molecule is C[C@H](OC(=O)c1ccc(=O)n(Cc2ccccc2Cl)c1)C(N)=O. The number of carbonyl (C=O) groups is 2. The van der Waals surface area contributed by atoms with E-state index in [9.17, 15) is 14.4 Å². The first-order valence-corrected chi connectivity index (χ1v) is 7.20. The molecule has 1 heterocycles. The van der Waals surface area contributed by atoms with Gasteiger partial charge in [-0.3, -0.25) is 9.59 Å². The summed E-state index contributed by atoms with van der Waals surface area (Å²) in [6.07, 6.45) is 0.313. The van der Waals surface area contributed by atoms with Gasteiger partial charge in [0.2, 0.25) is 0 Å². The Morgan fingerprint density at radius 1 is 1.26 bits per heavy atom. The summed E-state index contributed by atoms with van der Waals surface area (Å²) in [4.78, 5) is 34.8. The Hall–Kier alpha value is -2.60. The summed E-state index contributed by atoms with van der Waals surface area (Å²) in [5.41, 5.74) is 5.65. The molecule has 23 heavy (non-hydrogen) atoms. The molecule has 7 heteroatoms. The number of amides is 1. The molecule has 0 aliphatic carbocycles. The quantitative estimate of drug-likeness (QED) is 0.840. The lowest BCUT2D eigenvalue weighted by Gasteiger charge is -2.11. The molecule has 0 spiro atoms. The van der Waals surface area contributed by atoms with Gasteiger partial charge in [-0.2, -0.15) is 0 Å². The fraction of sp³-hybridized carbons (Fsp3) is 0.188. The van der Waals surface area contributed by atoms with Crippen LogP contribution in [0.15, 0.2) is 47.4 Å². The lowest BCUT2D eigenvalue weighted by atomic mass is 10.2. The maximum absolute atomic E-state index is 12.0. The van der Waals surface area contributed by atoms with Crippen molar-refractivity contribution in [2.24, 2.45) is 5.73 Å². The fourth-order valence-corrected chi connectivity index (χ4v) is 2.07. The predicted octanol–water partition coefficient (Wildman–Crippen LogP) is 1.58. The van der Waals surface area contributed by atoms with Crippen LogP contribution >= 0.6 is 11.6 Å². The van der Waals surface area contributed by atoms with E-state index in [-0.39, 0.29) is 17.7 Å². The highest BCUT2D eigenvalue weighted by Crippen LogP contribution is 2.15. The number of hydrogen-bond acceptors (Lipinski definition) is 4. The number of aromatic nitrogens is 1. The lowest BCUT2D eigenvalue weighted by Crippen LogP contribution is -2.31. The van der Waals surface area contributed by atoms with E-state index in [1.54, 1.807) is 24.3 Å². The third kappa shape index (κ3) is 4.20. The zero-order valence-corrected chi connectivity index (χ0v) is 13.1. The standard InChI is InChI=1S/C16H15ClN2O4/c1-10(15(18)21)23-16(22)12-6-7-14(20)19(9-12)8-11-4-2-3-5-13(11)17/h2-7,9-10H,8H2,1H3,(H2,18,21)/t10-/m0/s1. The second kappa shape index (κ2) is 7.11. The minimum atomic E-state index is -1.05. The number of primary amides is 1. The van der Waals surface area contributed by atoms with Crippen LogP contribution in [0.2, 0.25) is 5.02 Å². The minimum absolute atomic E-state index is 0.143. The van der Waals surface area contributed by atoms with Gasteiger partial charge in [0.25, 0.3) is 11.5 Å². The maximum Gasteiger partial charge on any atom is 0.340 e. The molecule has 0 saturated carbocycles. The highest BCUT2D eigenvalue weighted by atomic mass is 35.5. The molecule has 6 nitrogen and oxygen atoms in total. The Kier molecular flexibility index (Phi) is 5.18. The number of halogens is 1. The zero-order chi connectivity index (χ0) is 17.0. The average Bonchev–Trinajstić information content (AvgIpc) is 2.51. The first kappa shape index (κ1) is 16.8. The van der Waals surface area contributed by atoms with Gasteiger partial charge in [-0.05, 0) is 24.6 Å². The second-order valence-corrected chi connectivity index (χ2v) is 5.33. The smallest absolute Gasteiger partial charge is 0.340 e. The largest absolute Gasteiger partial charge is 0.449 e. The molecule has 120 valence electrons. The molecule has 2 aromatic rings. The van der Waals surface area contributed by atoms with Crippen LogP contribution in [0.1, 0.15) is 22.8 Å². The topological polar surface area (TPSA) is 91.4 Å². The Labute approximate surface area is 137 Å². The summed E-state index contributed by atoms with van der Waals surface area (Å²) in [6.45, 7) is 1.59. The number of benzene rings is 1. The summed E-state index contributed by atoms with van der Waals surface area (Å²) in [5, 5.41) is 0.523. The van der Waals surface area contributed by atoms with Crippen LogP contribution in [0.3, 0.4) is 0 Å². The number of hydrogen-bond donors (Lipinski definition) is 1. The number of carbonyl (C=O) groups excluding carboxylic acids is 2. The molecule has 1 aromatic carbocycles. The molecule has 1 amide bonds. The van der Waals surface area contributed by atoms with Crippen LogP contribution in [-0.4, -0.2) is 22.5 Å². The van der Waals surface area contributed by atoms with Crippen LogP contribution in [-0.2, 0) is 16.1 Å². The minimum Gasteiger partial charge on any atom is -0.449 e. The predicted molar refractivity (Wildman–Crippen MR) is 85.3 cm³/mol. The van der Waals surface area contributed by atoms with E-state index in [0.717, 1.165) is 5.56 Å². The van der Waals surface area contributed by atoms with Gasteiger partial charge in [-0.25, -0.2) is 4.79 Å². The Bertz CT molecular complexity index is 801. The molecule has 0 aliphatic rings. The first-order chi connectivity index (χ1) is 10.9. The van der Waals surface area contributed by atoms with Crippen molar-refractivity contribution in [1.82, 2.24) is 4.57 Å². The first-order valence-electron chi connectivity index (χ1n) is 6.82. The normalized spacial score (nSPS) is 11.7. The summed E-state index contributed by atoms with van der Waals surface area (Å²) in [7, 11) is 0. The molecular weight excluding hydrogens is 320 g/mol. The van der Waals surface area contributed by atoms with Crippen molar-refractivity contribution in [3.8, 4) is 0 Å². The van der Waals surface area contributed by atoms with Gasteiger partial charge in [0.1, 0.15) is 0 Å². The lowest BCUT2D eigenvalue weighted by molar-refractivity contribution is -0.125. The number of nitrogens with zero attached hydrogens (tertiary/aromatic N) is 1. The number of rotatable bonds is 5. The van der Waals surface area contributed by atoms with Gasteiger partial charge in [-0.1, -0.05) is 29.8 Å². The van der Waals surface area contributed by atoms with Gasteiger partial charge in [-0.15, -0.1) is 0 Å². The number of ether oxygens (including phenoxy) is 1. The Morgan fingerprint density at radius 2 is 1.96 bits per heavy atom.